The minimum absolute atomic E-state index is 0.0977. The third-order valence-electron chi connectivity index (χ3n) is 5.62. The number of anilines is 1. The van der Waals surface area contributed by atoms with Gasteiger partial charge in [-0.1, -0.05) is 30.3 Å². The number of amides is 1. The summed E-state index contributed by atoms with van der Waals surface area (Å²) in [4.78, 5) is 16.7. The van der Waals surface area contributed by atoms with E-state index in [9.17, 15) is 4.79 Å². The SMILES string of the molecule is Nc1ncc(/C=C/C(=O)NC2CCNC2)c2scc(-c3ccc(Oc4ccccc4)cc3)c12. The Kier molecular flexibility index (Phi) is 6.06. The molecular weight excluding hydrogens is 432 g/mol. The number of thiophene rings is 1. The Morgan fingerprint density at radius 3 is 2.70 bits per heavy atom. The summed E-state index contributed by atoms with van der Waals surface area (Å²) in [5.74, 6) is 1.94. The van der Waals surface area contributed by atoms with E-state index in [1.807, 2.05) is 60.7 Å². The molecule has 166 valence electrons. The molecule has 1 aliphatic heterocycles. The lowest BCUT2D eigenvalue weighted by atomic mass is 10.0. The van der Waals surface area contributed by atoms with Crippen LogP contribution in [-0.4, -0.2) is 30.0 Å². The van der Waals surface area contributed by atoms with E-state index in [1.54, 1.807) is 23.6 Å². The Balaban J connectivity index is 1.38. The van der Waals surface area contributed by atoms with Gasteiger partial charge in [-0.05, 0) is 54.3 Å². The lowest BCUT2D eigenvalue weighted by molar-refractivity contribution is -0.117. The van der Waals surface area contributed by atoms with Crippen LogP contribution in [-0.2, 0) is 4.79 Å². The van der Waals surface area contributed by atoms with Crippen molar-refractivity contribution in [2.45, 2.75) is 12.5 Å². The quantitative estimate of drug-likeness (QED) is 0.362. The summed E-state index contributed by atoms with van der Waals surface area (Å²) in [6, 6.07) is 17.8. The van der Waals surface area contributed by atoms with E-state index >= 15 is 0 Å². The number of carbonyl (C=O) groups is 1. The van der Waals surface area contributed by atoms with Crippen molar-refractivity contribution in [1.29, 1.82) is 0 Å². The van der Waals surface area contributed by atoms with Gasteiger partial charge in [0.15, 0.2) is 0 Å². The number of aromatic nitrogens is 1. The molecule has 33 heavy (non-hydrogen) atoms. The number of para-hydroxylation sites is 1. The summed E-state index contributed by atoms with van der Waals surface area (Å²) in [6.45, 7) is 1.76. The van der Waals surface area contributed by atoms with Crippen LogP contribution in [0.4, 0.5) is 5.82 Å². The van der Waals surface area contributed by atoms with Gasteiger partial charge < -0.3 is 21.1 Å². The Hall–Kier alpha value is -3.68. The zero-order valence-electron chi connectivity index (χ0n) is 18.0. The van der Waals surface area contributed by atoms with Gasteiger partial charge in [0.1, 0.15) is 17.3 Å². The molecule has 2 aromatic carbocycles. The number of hydrogen-bond donors (Lipinski definition) is 3. The van der Waals surface area contributed by atoms with E-state index in [1.165, 1.54) is 0 Å². The second-order valence-corrected chi connectivity index (χ2v) is 8.80. The van der Waals surface area contributed by atoms with Crippen LogP contribution in [0.1, 0.15) is 12.0 Å². The molecule has 5 rings (SSSR count). The average Bonchev–Trinajstić information content (AvgIpc) is 3.51. The van der Waals surface area contributed by atoms with Crippen LogP contribution in [0.25, 0.3) is 27.3 Å². The number of rotatable bonds is 6. The average molecular weight is 457 g/mol. The predicted octanol–water partition coefficient (Wildman–Crippen LogP) is 4.83. The van der Waals surface area contributed by atoms with Gasteiger partial charge in [0.2, 0.25) is 5.91 Å². The van der Waals surface area contributed by atoms with Gasteiger partial charge in [-0.25, -0.2) is 4.98 Å². The smallest absolute Gasteiger partial charge is 0.244 e. The van der Waals surface area contributed by atoms with Crippen molar-refractivity contribution in [1.82, 2.24) is 15.6 Å². The molecule has 0 aliphatic carbocycles. The van der Waals surface area contributed by atoms with Crippen molar-refractivity contribution in [2.24, 2.45) is 0 Å². The largest absolute Gasteiger partial charge is 0.457 e. The Morgan fingerprint density at radius 1 is 1.15 bits per heavy atom. The van der Waals surface area contributed by atoms with E-state index in [-0.39, 0.29) is 11.9 Å². The maximum Gasteiger partial charge on any atom is 0.244 e. The first-order chi connectivity index (χ1) is 16.2. The van der Waals surface area contributed by atoms with Gasteiger partial charge in [-0.3, -0.25) is 4.79 Å². The number of pyridine rings is 1. The molecule has 1 saturated heterocycles. The van der Waals surface area contributed by atoms with Crippen molar-refractivity contribution < 1.29 is 9.53 Å². The Bertz CT molecular complexity index is 1290. The van der Waals surface area contributed by atoms with Gasteiger partial charge in [-0.15, -0.1) is 11.3 Å². The normalized spacial score (nSPS) is 15.8. The number of nitrogens with zero attached hydrogens (tertiary/aromatic N) is 1. The van der Waals surface area contributed by atoms with Crippen LogP contribution in [0.5, 0.6) is 11.5 Å². The predicted molar refractivity (Wildman–Crippen MR) is 134 cm³/mol. The third kappa shape index (κ3) is 4.74. The number of ether oxygens (including phenoxy) is 1. The van der Waals surface area contributed by atoms with E-state index in [0.717, 1.165) is 57.8 Å². The highest BCUT2D eigenvalue weighted by Crippen LogP contribution is 2.39. The van der Waals surface area contributed by atoms with Crippen molar-refractivity contribution in [3.63, 3.8) is 0 Å². The molecular formula is C26H24N4O2S. The first-order valence-electron chi connectivity index (χ1n) is 10.9. The minimum Gasteiger partial charge on any atom is -0.457 e. The van der Waals surface area contributed by atoms with Crippen molar-refractivity contribution >= 4 is 39.2 Å². The molecule has 3 heterocycles. The number of carbonyl (C=O) groups excluding carboxylic acids is 1. The molecule has 1 aliphatic rings. The van der Waals surface area contributed by atoms with E-state index < -0.39 is 0 Å². The molecule has 0 radical (unpaired) electrons. The number of nitrogens with two attached hydrogens (primary N) is 1. The second kappa shape index (κ2) is 9.44. The van der Waals surface area contributed by atoms with Crippen LogP contribution in [0.15, 0.2) is 72.3 Å². The molecule has 1 atom stereocenters. The molecule has 7 heteroatoms. The van der Waals surface area contributed by atoms with Gasteiger partial charge >= 0.3 is 0 Å². The van der Waals surface area contributed by atoms with Crippen LogP contribution >= 0.6 is 11.3 Å². The Morgan fingerprint density at radius 2 is 1.94 bits per heavy atom. The van der Waals surface area contributed by atoms with Crippen molar-refractivity contribution in [3.05, 3.63) is 77.8 Å². The number of fused-ring (bicyclic) bond motifs is 1. The third-order valence-corrected chi connectivity index (χ3v) is 6.65. The van der Waals surface area contributed by atoms with Crippen LogP contribution in [0, 0.1) is 0 Å². The monoisotopic (exact) mass is 456 g/mol. The molecule has 0 bridgehead atoms. The van der Waals surface area contributed by atoms with Crippen LogP contribution in [0.2, 0.25) is 0 Å². The molecule has 6 nitrogen and oxygen atoms in total. The zero-order valence-corrected chi connectivity index (χ0v) is 18.8. The van der Waals surface area contributed by atoms with Gasteiger partial charge in [0.25, 0.3) is 0 Å². The van der Waals surface area contributed by atoms with E-state index in [4.69, 9.17) is 10.5 Å². The standard InChI is InChI=1S/C26H24N4O2S/c27-26-24-22(17-6-9-21(10-7-17)32-20-4-2-1-3-5-20)16-33-25(24)18(14-29-26)8-11-23(31)30-19-12-13-28-15-19/h1-11,14,16,19,28H,12-13,15H2,(H2,27,29)(H,30,31)/b11-8+. The topological polar surface area (TPSA) is 89.3 Å². The van der Waals surface area contributed by atoms with Gasteiger partial charge in [0.05, 0.1) is 0 Å². The molecule has 1 unspecified atom stereocenters. The number of hydrogen-bond acceptors (Lipinski definition) is 6. The highest BCUT2D eigenvalue weighted by Gasteiger charge is 2.16. The summed E-state index contributed by atoms with van der Waals surface area (Å²) >= 11 is 1.60. The lowest BCUT2D eigenvalue weighted by Crippen LogP contribution is -2.34. The highest BCUT2D eigenvalue weighted by atomic mass is 32.1. The van der Waals surface area contributed by atoms with Crippen molar-refractivity contribution in [2.75, 3.05) is 18.8 Å². The summed E-state index contributed by atoms with van der Waals surface area (Å²) in [6.07, 6.45) is 6.05. The number of benzene rings is 2. The summed E-state index contributed by atoms with van der Waals surface area (Å²) < 4.78 is 6.91. The summed E-state index contributed by atoms with van der Waals surface area (Å²) in [5.41, 5.74) is 9.19. The molecule has 2 aromatic heterocycles. The highest BCUT2D eigenvalue weighted by molar-refractivity contribution is 7.18. The van der Waals surface area contributed by atoms with Gasteiger partial charge in [-0.2, -0.15) is 0 Å². The molecule has 1 amide bonds. The van der Waals surface area contributed by atoms with E-state index in [2.05, 4.69) is 21.0 Å². The Labute approximate surface area is 196 Å². The molecule has 0 spiro atoms. The fourth-order valence-corrected chi connectivity index (χ4v) is 5.02. The first kappa shape index (κ1) is 21.2. The maximum absolute atomic E-state index is 12.3. The van der Waals surface area contributed by atoms with Gasteiger partial charge in [0, 0.05) is 46.1 Å². The fourth-order valence-electron chi connectivity index (χ4n) is 3.94. The molecule has 0 saturated carbocycles. The number of nitrogens with one attached hydrogen (secondary N) is 2. The molecule has 4 N–H and O–H groups in total. The van der Waals surface area contributed by atoms with Crippen molar-refractivity contribution in [3.8, 4) is 22.6 Å². The molecule has 4 aromatic rings. The minimum atomic E-state index is -0.0977. The lowest BCUT2D eigenvalue weighted by Gasteiger charge is -2.08. The van der Waals surface area contributed by atoms with Crippen LogP contribution in [0.3, 0.4) is 0 Å². The van der Waals surface area contributed by atoms with E-state index in [0.29, 0.717) is 5.82 Å². The van der Waals surface area contributed by atoms with Crippen LogP contribution < -0.4 is 21.1 Å². The zero-order chi connectivity index (χ0) is 22.6. The maximum atomic E-state index is 12.3. The fraction of sp³-hybridized carbons (Fsp3) is 0.154. The second-order valence-electron chi connectivity index (χ2n) is 7.92. The first-order valence-corrected chi connectivity index (χ1v) is 11.7. The number of nitrogen functional groups attached to an aromatic ring is 1. The summed E-state index contributed by atoms with van der Waals surface area (Å²) in [5, 5.41) is 9.25. The summed E-state index contributed by atoms with van der Waals surface area (Å²) in [7, 11) is 0. The molecule has 1 fully saturated rings.